The minimum absolute atomic E-state index is 0.239. The number of benzene rings is 3. The van der Waals surface area contributed by atoms with E-state index < -0.39 is 11.9 Å². The molecular formula is C38H40O9. The first-order valence-electron chi connectivity index (χ1n) is 14.0. The van der Waals surface area contributed by atoms with Gasteiger partial charge in [0.2, 0.25) is 0 Å². The fourth-order valence-electron chi connectivity index (χ4n) is 3.20. The molecule has 0 atom stereocenters. The fourth-order valence-corrected chi connectivity index (χ4v) is 3.20. The predicted molar refractivity (Wildman–Crippen MR) is 183 cm³/mol. The summed E-state index contributed by atoms with van der Waals surface area (Å²) < 4.78 is 27.0. The van der Waals surface area contributed by atoms with E-state index in [2.05, 4.69) is 26.3 Å². The van der Waals surface area contributed by atoms with Crippen molar-refractivity contribution in [3.05, 3.63) is 122 Å². The number of methoxy groups -OCH3 is 2. The van der Waals surface area contributed by atoms with Crippen molar-refractivity contribution in [2.75, 3.05) is 14.2 Å². The number of hydrogen-bond acceptors (Lipinski definition) is 9. The number of hydrogen-bond donors (Lipinski definition) is 0. The van der Waals surface area contributed by atoms with Crippen LogP contribution in [-0.2, 0) is 23.9 Å². The van der Waals surface area contributed by atoms with Gasteiger partial charge >= 0.3 is 11.9 Å². The third-order valence-corrected chi connectivity index (χ3v) is 5.55. The second kappa shape index (κ2) is 20.1. The summed E-state index contributed by atoms with van der Waals surface area (Å²) in [6, 6.07) is 17.6. The van der Waals surface area contributed by atoms with E-state index in [1.54, 1.807) is 83.3 Å². The summed E-state index contributed by atoms with van der Waals surface area (Å²) in [7, 11) is 3.09. The van der Waals surface area contributed by atoms with Gasteiger partial charge in [0.1, 0.15) is 48.1 Å². The van der Waals surface area contributed by atoms with E-state index >= 15 is 0 Å². The van der Waals surface area contributed by atoms with Gasteiger partial charge in [0.15, 0.2) is 0 Å². The first-order valence-corrected chi connectivity index (χ1v) is 14.0. The third kappa shape index (κ3) is 13.7. The quantitative estimate of drug-likeness (QED) is 0.0638. The standard InChI is InChI=1S/C30H28O7.2C4H6O/c1-19(2)29(31)36-27-18-26(22-9-13-24(14-10-22)35-16-15-33-5)28(37-30(32)20(3)4)17-25(27)21-7-11-23(34-6)12-8-21;2*1-4(2)3-5/h7-18H,1,3H2,2,4-6H3;2*3H,1H2,2H3/b16-15+;;. The van der Waals surface area contributed by atoms with Crippen molar-refractivity contribution in [3.63, 3.8) is 0 Å². The largest absolute Gasteiger partial charge is 0.501 e. The summed E-state index contributed by atoms with van der Waals surface area (Å²) in [6.07, 6.45) is 4.26. The summed E-state index contributed by atoms with van der Waals surface area (Å²) in [5.41, 5.74) is 4.11. The maximum absolute atomic E-state index is 12.5. The van der Waals surface area contributed by atoms with Crippen LogP contribution in [0.1, 0.15) is 27.7 Å². The summed E-state index contributed by atoms with van der Waals surface area (Å²) in [4.78, 5) is 43.8. The molecule has 0 fully saturated rings. The number of aldehydes is 2. The molecule has 0 bridgehead atoms. The van der Waals surface area contributed by atoms with Crippen molar-refractivity contribution in [2.45, 2.75) is 27.7 Å². The fraction of sp³-hybridized carbons (Fsp3) is 0.158. The normalized spacial score (nSPS) is 9.66. The highest BCUT2D eigenvalue weighted by Crippen LogP contribution is 2.42. The van der Waals surface area contributed by atoms with Gasteiger partial charge in [-0.2, -0.15) is 0 Å². The SMILES string of the molecule is C=C(C)C(=O)Oc1cc(-c2ccc(O/C=C/OC)cc2)c(OC(=O)C(=C)C)cc1-c1ccc(OC)cc1.C=C(C)C=O.C=C(C)C=O. The van der Waals surface area contributed by atoms with E-state index in [1.165, 1.54) is 19.6 Å². The Kier molecular flexibility index (Phi) is 16.7. The van der Waals surface area contributed by atoms with Crippen LogP contribution < -0.4 is 18.9 Å². The zero-order chi connectivity index (χ0) is 35.5. The lowest BCUT2D eigenvalue weighted by molar-refractivity contribution is -0.131. The van der Waals surface area contributed by atoms with Gasteiger partial charge in [0.05, 0.1) is 14.2 Å². The molecule has 9 nitrogen and oxygen atoms in total. The Bertz CT molecular complexity index is 1610. The molecule has 3 rings (SSSR count). The highest BCUT2D eigenvalue weighted by atomic mass is 16.5. The first kappa shape index (κ1) is 39.1. The van der Waals surface area contributed by atoms with Crippen molar-refractivity contribution in [1.29, 1.82) is 0 Å². The molecule has 3 aromatic carbocycles. The summed E-state index contributed by atoms with van der Waals surface area (Å²) in [5, 5.41) is 0. The Morgan fingerprint density at radius 1 is 0.596 bits per heavy atom. The zero-order valence-electron chi connectivity index (χ0n) is 27.6. The molecule has 0 aliphatic rings. The maximum atomic E-state index is 12.5. The first-order chi connectivity index (χ1) is 22.3. The molecular weight excluding hydrogens is 600 g/mol. The number of carbonyl (C=O) groups is 4. The van der Waals surface area contributed by atoms with Crippen molar-refractivity contribution in [1.82, 2.24) is 0 Å². The van der Waals surface area contributed by atoms with Crippen LogP contribution in [0.2, 0.25) is 0 Å². The Labute approximate surface area is 276 Å². The van der Waals surface area contributed by atoms with Crippen LogP contribution in [0.4, 0.5) is 0 Å². The van der Waals surface area contributed by atoms with Gasteiger partial charge in [-0.25, -0.2) is 9.59 Å². The lowest BCUT2D eigenvalue weighted by Gasteiger charge is -2.17. The molecule has 246 valence electrons. The van der Waals surface area contributed by atoms with E-state index in [0.717, 1.165) is 18.1 Å². The second-order valence-corrected chi connectivity index (χ2v) is 9.99. The van der Waals surface area contributed by atoms with Crippen LogP contribution in [0.5, 0.6) is 23.0 Å². The van der Waals surface area contributed by atoms with Gasteiger partial charge in [-0.3, -0.25) is 9.59 Å². The molecule has 0 amide bonds. The maximum Gasteiger partial charge on any atom is 0.338 e. The smallest absolute Gasteiger partial charge is 0.338 e. The van der Waals surface area contributed by atoms with E-state index in [9.17, 15) is 19.2 Å². The van der Waals surface area contributed by atoms with Gasteiger partial charge in [0, 0.05) is 22.3 Å². The minimum Gasteiger partial charge on any atom is -0.501 e. The van der Waals surface area contributed by atoms with Gasteiger partial charge in [-0.1, -0.05) is 50.6 Å². The minimum atomic E-state index is -0.585. The Hall–Kier alpha value is -5.96. The third-order valence-electron chi connectivity index (χ3n) is 5.55. The number of ether oxygens (including phenoxy) is 5. The van der Waals surface area contributed by atoms with Crippen LogP contribution in [0, 0.1) is 0 Å². The van der Waals surface area contributed by atoms with E-state index in [0.29, 0.717) is 39.3 Å². The highest BCUT2D eigenvalue weighted by molar-refractivity contribution is 5.93. The van der Waals surface area contributed by atoms with Gasteiger partial charge in [-0.05, 0) is 86.4 Å². The molecule has 0 aliphatic carbocycles. The van der Waals surface area contributed by atoms with Crippen LogP contribution in [0.3, 0.4) is 0 Å². The van der Waals surface area contributed by atoms with Crippen molar-refractivity contribution in [2.24, 2.45) is 0 Å². The highest BCUT2D eigenvalue weighted by Gasteiger charge is 2.20. The number of esters is 2. The van der Waals surface area contributed by atoms with Crippen molar-refractivity contribution in [3.8, 4) is 45.3 Å². The Morgan fingerprint density at radius 3 is 1.26 bits per heavy atom. The zero-order valence-corrected chi connectivity index (χ0v) is 27.6. The van der Waals surface area contributed by atoms with Gasteiger partial charge in [0.25, 0.3) is 0 Å². The number of carbonyl (C=O) groups excluding carboxylic acids is 4. The van der Waals surface area contributed by atoms with Gasteiger partial charge < -0.3 is 23.7 Å². The molecule has 0 saturated carbocycles. The van der Waals surface area contributed by atoms with E-state index in [1.807, 2.05) is 12.1 Å². The van der Waals surface area contributed by atoms with Crippen molar-refractivity contribution < 1.29 is 42.9 Å². The molecule has 0 radical (unpaired) electrons. The molecule has 0 saturated heterocycles. The molecule has 0 spiro atoms. The summed E-state index contributed by atoms with van der Waals surface area (Å²) >= 11 is 0. The Balaban J connectivity index is 0.000000961. The molecule has 0 unspecified atom stereocenters. The molecule has 0 aliphatic heterocycles. The average molecular weight is 641 g/mol. The van der Waals surface area contributed by atoms with Crippen molar-refractivity contribution >= 4 is 24.5 Å². The molecule has 0 aromatic heterocycles. The van der Waals surface area contributed by atoms with Gasteiger partial charge in [-0.15, -0.1) is 0 Å². The second-order valence-electron chi connectivity index (χ2n) is 9.99. The number of rotatable bonds is 12. The van der Waals surface area contributed by atoms with Crippen LogP contribution in [-0.4, -0.2) is 38.7 Å². The molecule has 0 heterocycles. The lowest BCUT2D eigenvalue weighted by Crippen LogP contribution is -2.11. The predicted octanol–water partition coefficient (Wildman–Crippen LogP) is 8.01. The van der Waals surface area contributed by atoms with Crippen LogP contribution >= 0.6 is 0 Å². The molecule has 9 heteroatoms. The molecule has 0 N–H and O–H groups in total. The van der Waals surface area contributed by atoms with Crippen LogP contribution in [0.25, 0.3) is 22.3 Å². The topological polar surface area (TPSA) is 114 Å². The lowest BCUT2D eigenvalue weighted by atomic mass is 9.97. The number of allylic oxidation sites excluding steroid dienone is 2. The van der Waals surface area contributed by atoms with E-state index in [4.69, 9.17) is 23.7 Å². The summed E-state index contributed by atoms with van der Waals surface area (Å²) in [6.45, 7) is 20.4. The monoisotopic (exact) mass is 640 g/mol. The van der Waals surface area contributed by atoms with Crippen LogP contribution in [0.15, 0.2) is 122 Å². The average Bonchev–Trinajstić information content (AvgIpc) is 3.06. The molecule has 47 heavy (non-hydrogen) atoms. The molecule has 3 aromatic rings. The van der Waals surface area contributed by atoms with E-state index in [-0.39, 0.29) is 22.6 Å². The summed E-state index contributed by atoms with van der Waals surface area (Å²) in [5.74, 6) is 0.603. The Morgan fingerprint density at radius 2 is 0.957 bits per heavy atom.